The van der Waals surface area contributed by atoms with Gasteiger partial charge in [-0.15, -0.1) is 5.10 Å². The molecule has 0 bridgehead atoms. The third-order valence-corrected chi connectivity index (χ3v) is 2.05. The summed E-state index contributed by atoms with van der Waals surface area (Å²) < 4.78 is 4.91. The zero-order valence-corrected chi connectivity index (χ0v) is 9.64. The number of phenolic OH excluding ortho intramolecular Hbond substituents is 1. The molecule has 0 unspecified atom stereocenters. The molecule has 0 spiro atoms. The molecule has 1 rings (SSSR count). The molecule has 0 aliphatic heterocycles. The minimum Gasteiger partial charge on any atom is -0.503 e. The van der Waals surface area contributed by atoms with Crippen LogP contribution in [0, 0.1) is 0 Å². The van der Waals surface area contributed by atoms with Crippen LogP contribution in [-0.4, -0.2) is 29.6 Å². The zero-order chi connectivity index (χ0) is 12.8. The first-order valence-corrected chi connectivity index (χ1v) is 4.79. The Hall–Kier alpha value is -1.99. The lowest BCUT2D eigenvalue weighted by Crippen LogP contribution is -2.27. The van der Waals surface area contributed by atoms with Gasteiger partial charge in [0, 0.05) is 5.56 Å². The summed E-state index contributed by atoms with van der Waals surface area (Å²) in [7, 11) is 1.40. The number of guanidine groups is 1. The third-order valence-electron chi connectivity index (χ3n) is 1.76. The lowest BCUT2D eigenvalue weighted by atomic mass is 10.2. The Morgan fingerprint density at radius 2 is 2.29 bits per heavy atom. The number of aromatic hydroxyl groups is 1. The Labute approximate surface area is 102 Å². The first-order valence-electron chi connectivity index (χ1n) is 4.41. The van der Waals surface area contributed by atoms with E-state index in [9.17, 15) is 5.11 Å². The molecule has 0 atom stereocenters. The van der Waals surface area contributed by atoms with Crippen molar-refractivity contribution in [2.24, 2.45) is 15.9 Å². The number of hydrogen-bond acceptors (Lipinski definition) is 5. The summed E-state index contributed by atoms with van der Waals surface area (Å²) in [5.41, 5.74) is 7.30. The zero-order valence-electron chi connectivity index (χ0n) is 8.88. The first-order chi connectivity index (χ1) is 8.08. The lowest BCUT2D eigenvalue weighted by molar-refractivity contribution is 0.232. The summed E-state index contributed by atoms with van der Waals surface area (Å²) in [5.74, 6) is -0.180. The van der Waals surface area contributed by atoms with Crippen molar-refractivity contribution in [1.82, 2.24) is 5.48 Å². The van der Waals surface area contributed by atoms with E-state index < -0.39 is 0 Å². The van der Waals surface area contributed by atoms with Crippen LogP contribution in [0.3, 0.4) is 0 Å². The van der Waals surface area contributed by atoms with Crippen molar-refractivity contribution in [3.05, 3.63) is 22.7 Å². The Kier molecular flexibility index (Phi) is 4.56. The first kappa shape index (κ1) is 13.1. The number of hydroxylamine groups is 1. The summed E-state index contributed by atoms with van der Waals surface area (Å²) in [5, 5.41) is 24.9. The number of nitrogens with zero attached hydrogens (tertiary/aromatic N) is 2. The summed E-state index contributed by atoms with van der Waals surface area (Å²) >= 11 is 5.76. The summed E-state index contributed by atoms with van der Waals surface area (Å²) in [6.07, 6.45) is 1.33. The van der Waals surface area contributed by atoms with Crippen molar-refractivity contribution in [3.63, 3.8) is 0 Å². The van der Waals surface area contributed by atoms with Crippen LogP contribution in [0.5, 0.6) is 11.5 Å². The normalized spacial score (nSPS) is 11.8. The second-order valence-electron chi connectivity index (χ2n) is 2.90. The van der Waals surface area contributed by atoms with E-state index in [1.165, 1.54) is 25.5 Å². The van der Waals surface area contributed by atoms with Crippen LogP contribution in [0.2, 0.25) is 5.02 Å². The minimum absolute atomic E-state index is 0.128. The van der Waals surface area contributed by atoms with Crippen LogP contribution in [-0.2, 0) is 0 Å². The van der Waals surface area contributed by atoms with Crippen molar-refractivity contribution in [1.29, 1.82) is 0 Å². The maximum Gasteiger partial charge on any atom is 0.237 e. The molecule has 0 aliphatic carbocycles. The van der Waals surface area contributed by atoms with Gasteiger partial charge in [-0.3, -0.25) is 5.21 Å². The SMILES string of the molecule is COc1cc(C=NN=C(N)NO)cc(Cl)c1O. The predicted octanol–water partition coefficient (Wildman–Crippen LogP) is 0.682. The lowest BCUT2D eigenvalue weighted by Gasteiger charge is -2.05. The Morgan fingerprint density at radius 1 is 1.59 bits per heavy atom. The fraction of sp³-hybridized carbons (Fsp3) is 0.111. The maximum atomic E-state index is 9.48. The van der Waals surface area contributed by atoms with E-state index in [0.717, 1.165) is 0 Å². The standard InChI is InChI=1S/C9H11ClN4O3/c1-17-7-3-5(2-6(10)8(7)15)4-12-13-9(11)14-16/h2-4,15-16H,1H3,(H3,11,13,14). The molecule has 5 N–H and O–H groups in total. The quantitative estimate of drug-likeness (QED) is 0.362. The van der Waals surface area contributed by atoms with Gasteiger partial charge >= 0.3 is 0 Å². The number of ether oxygens (including phenoxy) is 1. The van der Waals surface area contributed by atoms with E-state index in [1.807, 2.05) is 0 Å². The Morgan fingerprint density at radius 3 is 2.88 bits per heavy atom. The molecule has 0 amide bonds. The van der Waals surface area contributed by atoms with Crippen molar-refractivity contribution in [2.75, 3.05) is 7.11 Å². The van der Waals surface area contributed by atoms with E-state index in [1.54, 1.807) is 5.48 Å². The topological polar surface area (TPSA) is 112 Å². The summed E-state index contributed by atoms with van der Waals surface area (Å²) in [6, 6.07) is 2.99. The molecule has 0 saturated heterocycles. The van der Waals surface area contributed by atoms with Crippen LogP contribution in [0.25, 0.3) is 0 Å². The molecule has 8 heteroatoms. The largest absolute Gasteiger partial charge is 0.503 e. The number of halogens is 1. The number of benzene rings is 1. The van der Waals surface area contributed by atoms with E-state index in [0.29, 0.717) is 5.56 Å². The van der Waals surface area contributed by atoms with E-state index in [-0.39, 0.29) is 22.5 Å². The fourth-order valence-corrected chi connectivity index (χ4v) is 1.22. The van der Waals surface area contributed by atoms with Gasteiger partial charge in [0.05, 0.1) is 18.3 Å². The van der Waals surface area contributed by atoms with Crippen LogP contribution < -0.4 is 16.0 Å². The molecule has 92 valence electrons. The summed E-state index contributed by atoms with van der Waals surface area (Å²) in [6.45, 7) is 0. The molecule has 0 aromatic heterocycles. The highest BCUT2D eigenvalue weighted by atomic mass is 35.5. The highest BCUT2D eigenvalue weighted by Crippen LogP contribution is 2.34. The van der Waals surface area contributed by atoms with Gasteiger partial charge in [-0.1, -0.05) is 11.6 Å². The Balaban J connectivity index is 2.96. The van der Waals surface area contributed by atoms with E-state index >= 15 is 0 Å². The van der Waals surface area contributed by atoms with Gasteiger partial charge in [-0.25, -0.2) is 5.48 Å². The van der Waals surface area contributed by atoms with Gasteiger partial charge in [-0.05, 0) is 12.1 Å². The number of phenols is 1. The average molecular weight is 259 g/mol. The number of rotatable bonds is 3. The molecular weight excluding hydrogens is 248 g/mol. The third kappa shape index (κ3) is 3.51. The number of methoxy groups -OCH3 is 1. The molecular formula is C9H11ClN4O3. The number of hydrogen-bond donors (Lipinski definition) is 4. The molecule has 0 radical (unpaired) electrons. The van der Waals surface area contributed by atoms with Crippen molar-refractivity contribution in [3.8, 4) is 11.5 Å². The van der Waals surface area contributed by atoms with Gasteiger partial charge < -0.3 is 15.6 Å². The van der Waals surface area contributed by atoms with Crippen molar-refractivity contribution < 1.29 is 15.1 Å². The highest BCUT2D eigenvalue weighted by molar-refractivity contribution is 6.32. The monoisotopic (exact) mass is 258 g/mol. The molecule has 0 fully saturated rings. The van der Waals surface area contributed by atoms with E-state index in [2.05, 4.69) is 10.2 Å². The van der Waals surface area contributed by atoms with Gasteiger partial charge in [0.15, 0.2) is 11.5 Å². The second kappa shape index (κ2) is 5.92. The van der Waals surface area contributed by atoms with Gasteiger partial charge in [0.1, 0.15) is 0 Å². The van der Waals surface area contributed by atoms with Crippen molar-refractivity contribution >= 4 is 23.8 Å². The van der Waals surface area contributed by atoms with Crippen LogP contribution in [0.1, 0.15) is 5.56 Å². The smallest absolute Gasteiger partial charge is 0.237 e. The van der Waals surface area contributed by atoms with E-state index in [4.69, 9.17) is 27.3 Å². The second-order valence-corrected chi connectivity index (χ2v) is 3.30. The molecule has 7 nitrogen and oxygen atoms in total. The number of nitrogens with two attached hydrogens (primary N) is 1. The van der Waals surface area contributed by atoms with Gasteiger partial charge in [-0.2, -0.15) is 5.10 Å². The average Bonchev–Trinajstić information content (AvgIpc) is 2.33. The van der Waals surface area contributed by atoms with Crippen LogP contribution in [0.15, 0.2) is 22.3 Å². The van der Waals surface area contributed by atoms with Gasteiger partial charge in [0.25, 0.3) is 0 Å². The highest BCUT2D eigenvalue weighted by Gasteiger charge is 2.07. The van der Waals surface area contributed by atoms with Crippen molar-refractivity contribution in [2.45, 2.75) is 0 Å². The Bertz CT molecular complexity index is 462. The molecule has 1 aromatic rings. The summed E-state index contributed by atoms with van der Waals surface area (Å²) in [4.78, 5) is 0. The molecule has 0 saturated carbocycles. The predicted molar refractivity (Wildman–Crippen MR) is 63.8 cm³/mol. The molecule has 1 aromatic carbocycles. The van der Waals surface area contributed by atoms with Crippen LogP contribution >= 0.6 is 11.6 Å². The maximum absolute atomic E-state index is 9.48. The molecule has 17 heavy (non-hydrogen) atoms. The number of nitrogens with one attached hydrogen (secondary N) is 1. The molecule has 0 heterocycles. The molecule has 0 aliphatic rings. The fourth-order valence-electron chi connectivity index (χ4n) is 1.00. The minimum atomic E-state index is -0.252. The van der Waals surface area contributed by atoms with Crippen LogP contribution in [0.4, 0.5) is 0 Å². The van der Waals surface area contributed by atoms with Gasteiger partial charge in [0.2, 0.25) is 5.96 Å².